The van der Waals surface area contributed by atoms with Crippen molar-refractivity contribution >= 4 is 11.0 Å². The van der Waals surface area contributed by atoms with E-state index in [0.29, 0.717) is 0 Å². The van der Waals surface area contributed by atoms with Crippen LogP contribution in [0.1, 0.15) is 11.1 Å². The molecule has 0 atom stereocenters. The van der Waals surface area contributed by atoms with E-state index in [1.807, 2.05) is 19.9 Å². The Hall–Kier alpha value is -1.42. The second-order valence-corrected chi connectivity index (χ2v) is 3.18. The maximum Gasteiger partial charge on any atom is 0.138 e. The number of aliphatic hydroxyl groups excluding tert-OH is 1. The molecular formula is C9H11N3O. The predicted molar refractivity (Wildman–Crippen MR) is 49.2 cm³/mol. The third-order valence-electron chi connectivity index (χ3n) is 2.08. The van der Waals surface area contributed by atoms with E-state index in [1.54, 1.807) is 0 Å². The highest BCUT2D eigenvalue weighted by atomic mass is 16.3. The SMILES string of the molecule is Cc1cc(C)c2c(c1)nnn2CO. The van der Waals surface area contributed by atoms with Crippen molar-refractivity contribution < 1.29 is 5.11 Å². The zero-order valence-electron chi connectivity index (χ0n) is 7.65. The molecular weight excluding hydrogens is 166 g/mol. The summed E-state index contributed by atoms with van der Waals surface area (Å²) in [6.45, 7) is 3.88. The Bertz CT molecular complexity index is 447. The van der Waals surface area contributed by atoms with E-state index in [1.165, 1.54) is 4.68 Å². The Morgan fingerprint density at radius 3 is 2.85 bits per heavy atom. The van der Waals surface area contributed by atoms with E-state index in [4.69, 9.17) is 5.11 Å². The van der Waals surface area contributed by atoms with Gasteiger partial charge in [-0.05, 0) is 31.0 Å². The maximum atomic E-state index is 8.98. The number of nitrogens with zero attached hydrogens (tertiary/aromatic N) is 3. The minimum absolute atomic E-state index is 0.125. The van der Waals surface area contributed by atoms with E-state index in [9.17, 15) is 0 Å². The first-order valence-electron chi connectivity index (χ1n) is 4.13. The fraction of sp³-hybridized carbons (Fsp3) is 0.333. The van der Waals surface area contributed by atoms with Gasteiger partial charge in [0.1, 0.15) is 12.2 Å². The second kappa shape index (κ2) is 2.81. The minimum atomic E-state index is -0.125. The van der Waals surface area contributed by atoms with Gasteiger partial charge in [-0.15, -0.1) is 5.10 Å². The summed E-state index contributed by atoms with van der Waals surface area (Å²) in [5.74, 6) is 0. The van der Waals surface area contributed by atoms with Gasteiger partial charge in [-0.3, -0.25) is 0 Å². The highest BCUT2D eigenvalue weighted by Gasteiger charge is 2.06. The molecule has 1 aromatic heterocycles. The lowest BCUT2D eigenvalue weighted by Gasteiger charge is -2.00. The molecule has 0 saturated carbocycles. The van der Waals surface area contributed by atoms with Crippen LogP contribution >= 0.6 is 0 Å². The molecule has 4 heteroatoms. The van der Waals surface area contributed by atoms with Gasteiger partial charge in [0.05, 0.1) is 5.52 Å². The molecule has 1 aromatic carbocycles. The molecule has 2 aromatic rings. The summed E-state index contributed by atoms with van der Waals surface area (Å²) < 4.78 is 1.49. The lowest BCUT2D eigenvalue weighted by molar-refractivity contribution is 0.197. The van der Waals surface area contributed by atoms with Crippen LogP contribution in [0.25, 0.3) is 11.0 Å². The Labute approximate surface area is 75.8 Å². The number of hydrogen-bond donors (Lipinski definition) is 1. The number of benzene rings is 1. The van der Waals surface area contributed by atoms with Crippen LogP contribution < -0.4 is 0 Å². The fourth-order valence-electron chi connectivity index (χ4n) is 1.60. The van der Waals surface area contributed by atoms with Crippen LogP contribution in [0.2, 0.25) is 0 Å². The Morgan fingerprint density at radius 2 is 2.15 bits per heavy atom. The molecule has 0 fully saturated rings. The van der Waals surface area contributed by atoms with Gasteiger partial charge in [-0.25, -0.2) is 4.68 Å². The summed E-state index contributed by atoms with van der Waals surface area (Å²) in [5, 5.41) is 16.8. The topological polar surface area (TPSA) is 50.9 Å². The van der Waals surface area contributed by atoms with Crippen molar-refractivity contribution in [3.8, 4) is 0 Å². The molecule has 0 amide bonds. The van der Waals surface area contributed by atoms with Crippen LogP contribution in [0, 0.1) is 13.8 Å². The highest BCUT2D eigenvalue weighted by molar-refractivity contribution is 5.78. The van der Waals surface area contributed by atoms with Crippen LogP contribution in [0.3, 0.4) is 0 Å². The zero-order chi connectivity index (χ0) is 9.42. The lowest BCUT2D eigenvalue weighted by Crippen LogP contribution is -1.99. The molecule has 13 heavy (non-hydrogen) atoms. The maximum absolute atomic E-state index is 8.98. The normalized spacial score (nSPS) is 11.0. The van der Waals surface area contributed by atoms with Gasteiger partial charge >= 0.3 is 0 Å². The molecule has 0 spiro atoms. The van der Waals surface area contributed by atoms with Gasteiger partial charge in [0.25, 0.3) is 0 Å². The summed E-state index contributed by atoms with van der Waals surface area (Å²) in [6, 6.07) is 4.01. The number of fused-ring (bicyclic) bond motifs is 1. The molecule has 1 heterocycles. The standard InChI is InChI=1S/C9H11N3O/c1-6-3-7(2)9-8(4-6)10-11-12(9)5-13/h3-4,13H,5H2,1-2H3. The molecule has 1 N–H and O–H groups in total. The third kappa shape index (κ3) is 1.19. The van der Waals surface area contributed by atoms with Crippen molar-refractivity contribution in [1.82, 2.24) is 15.0 Å². The predicted octanol–water partition coefficient (Wildman–Crippen LogP) is 0.998. The summed E-state index contributed by atoms with van der Waals surface area (Å²) in [6.07, 6.45) is 0. The first-order chi connectivity index (χ1) is 6.22. The molecule has 0 aliphatic heterocycles. The first-order valence-corrected chi connectivity index (χ1v) is 4.13. The summed E-state index contributed by atoms with van der Waals surface area (Å²) in [4.78, 5) is 0. The monoisotopic (exact) mass is 177 g/mol. The average Bonchev–Trinajstić information content (AvgIpc) is 2.47. The van der Waals surface area contributed by atoms with Gasteiger partial charge < -0.3 is 5.11 Å². The van der Waals surface area contributed by atoms with Crippen molar-refractivity contribution in [3.63, 3.8) is 0 Å². The van der Waals surface area contributed by atoms with Crippen LogP contribution in [0.15, 0.2) is 12.1 Å². The van der Waals surface area contributed by atoms with Crippen molar-refractivity contribution in [2.24, 2.45) is 0 Å². The van der Waals surface area contributed by atoms with Crippen LogP contribution in [-0.2, 0) is 6.73 Å². The molecule has 0 radical (unpaired) electrons. The summed E-state index contributed by atoms with van der Waals surface area (Å²) in [5.41, 5.74) is 4.00. The number of aryl methyl sites for hydroxylation is 2. The average molecular weight is 177 g/mol. The van der Waals surface area contributed by atoms with Gasteiger partial charge in [0.15, 0.2) is 0 Å². The zero-order valence-corrected chi connectivity index (χ0v) is 7.65. The highest BCUT2D eigenvalue weighted by Crippen LogP contribution is 2.17. The van der Waals surface area contributed by atoms with Crippen molar-refractivity contribution in [1.29, 1.82) is 0 Å². The number of aromatic nitrogens is 3. The molecule has 0 bridgehead atoms. The quantitative estimate of drug-likeness (QED) is 0.707. The Morgan fingerprint density at radius 1 is 1.38 bits per heavy atom. The van der Waals surface area contributed by atoms with Crippen LogP contribution in [0.4, 0.5) is 0 Å². The number of hydrogen-bond acceptors (Lipinski definition) is 3. The van der Waals surface area contributed by atoms with E-state index in [2.05, 4.69) is 16.4 Å². The summed E-state index contributed by atoms with van der Waals surface area (Å²) >= 11 is 0. The molecule has 2 rings (SSSR count). The van der Waals surface area contributed by atoms with Gasteiger partial charge in [0.2, 0.25) is 0 Å². The van der Waals surface area contributed by atoms with Crippen molar-refractivity contribution in [3.05, 3.63) is 23.3 Å². The van der Waals surface area contributed by atoms with Gasteiger partial charge in [0, 0.05) is 0 Å². The Kier molecular flexibility index (Phi) is 1.77. The lowest BCUT2D eigenvalue weighted by atomic mass is 10.1. The largest absolute Gasteiger partial charge is 0.374 e. The molecule has 0 aliphatic carbocycles. The second-order valence-electron chi connectivity index (χ2n) is 3.18. The van der Waals surface area contributed by atoms with Crippen LogP contribution in [-0.4, -0.2) is 20.1 Å². The molecule has 0 aliphatic rings. The minimum Gasteiger partial charge on any atom is -0.374 e. The number of rotatable bonds is 1. The molecule has 68 valence electrons. The van der Waals surface area contributed by atoms with E-state index < -0.39 is 0 Å². The van der Waals surface area contributed by atoms with E-state index >= 15 is 0 Å². The van der Waals surface area contributed by atoms with E-state index in [-0.39, 0.29) is 6.73 Å². The molecule has 4 nitrogen and oxygen atoms in total. The van der Waals surface area contributed by atoms with Crippen molar-refractivity contribution in [2.75, 3.05) is 0 Å². The summed E-state index contributed by atoms with van der Waals surface area (Å²) in [7, 11) is 0. The molecule has 0 unspecified atom stereocenters. The smallest absolute Gasteiger partial charge is 0.138 e. The van der Waals surface area contributed by atoms with Gasteiger partial charge in [-0.1, -0.05) is 11.3 Å². The first kappa shape index (κ1) is 8.19. The Balaban J connectivity index is 2.82. The fourth-order valence-corrected chi connectivity index (χ4v) is 1.60. The van der Waals surface area contributed by atoms with Crippen molar-refractivity contribution in [2.45, 2.75) is 20.6 Å². The molecule has 0 saturated heterocycles. The van der Waals surface area contributed by atoms with Gasteiger partial charge in [-0.2, -0.15) is 0 Å². The van der Waals surface area contributed by atoms with Crippen LogP contribution in [0.5, 0.6) is 0 Å². The number of aliphatic hydroxyl groups is 1. The third-order valence-corrected chi connectivity index (χ3v) is 2.08. The van der Waals surface area contributed by atoms with E-state index in [0.717, 1.165) is 22.2 Å².